The number of carbonyl (C=O) groups excluding carboxylic acids is 1. The van der Waals surface area contributed by atoms with Crippen LogP contribution in [0.15, 0.2) is 37.1 Å². The van der Waals surface area contributed by atoms with Crippen LogP contribution in [0, 0.1) is 0 Å². The average Bonchev–Trinajstić information content (AvgIpc) is 3.20. The second-order valence-electron chi connectivity index (χ2n) is 8.46. The van der Waals surface area contributed by atoms with Gasteiger partial charge in [0.2, 0.25) is 0 Å². The van der Waals surface area contributed by atoms with E-state index in [0.29, 0.717) is 6.42 Å². The molecule has 0 fully saturated rings. The first-order valence-electron chi connectivity index (χ1n) is 9.25. The van der Waals surface area contributed by atoms with Crippen molar-refractivity contribution in [2.45, 2.75) is 52.2 Å². The van der Waals surface area contributed by atoms with Gasteiger partial charge in [0.15, 0.2) is 0 Å². The van der Waals surface area contributed by atoms with Gasteiger partial charge in [-0.1, -0.05) is 18.2 Å². The van der Waals surface area contributed by atoms with Crippen LogP contribution in [0.2, 0.25) is 0 Å². The van der Waals surface area contributed by atoms with Gasteiger partial charge in [-0.2, -0.15) is 5.10 Å². The van der Waals surface area contributed by atoms with Crippen molar-refractivity contribution in [3.8, 4) is 0 Å². The van der Waals surface area contributed by atoms with Crippen LogP contribution in [0.1, 0.15) is 45.7 Å². The molecule has 1 aromatic carbocycles. The van der Waals surface area contributed by atoms with Crippen molar-refractivity contribution < 1.29 is 9.53 Å². The Morgan fingerprint density at radius 3 is 2.75 bits per heavy atom. The third kappa shape index (κ3) is 5.00. The smallest absolute Gasteiger partial charge is 0.408 e. The maximum absolute atomic E-state index is 12.2. The maximum Gasteiger partial charge on any atom is 0.408 e. The average molecular weight is 381 g/mol. The van der Waals surface area contributed by atoms with E-state index in [1.807, 2.05) is 65.2 Å². The van der Waals surface area contributed by atoms with Crippen LogP contribution in [0.3, 0.4) is 0 Å². The van der Waals surface area contributed by atoms with E-state index in [2.05, 4.69) is 26.4 Å². The van der Waals surface area contributed by atoms with E-state index in [-0.39, 0.29) is 0 Å². The molecule has 0 radical (unpaired) electrons. The lowest BCUT2D eigenvalue weighted by Crippen LogP contribution is -2.47. The Kier molecular flexibility index (Phi) is 5.27. The molecule has 1 amide bonds. The second-order valence-corrected chi connectivity index (χ2v) is 8.46. The van der Waals surface area contributed by atoms with E-state index >= 15 is 0 Å². The van der Waals surface area contributed by atoms with Gasteiger partial charge in [0.1, 0.15) is 18.3 Å². The molecule has 0 atom stereocenters. The minimum atomic E-state index is -0.522. The highest BCUT2D eigenvalue weighted by Crippen LogP contribution is 2.26. The van der Waals surface area contributed by atoms with E-state index in [1.165, 1.54) is 6.33 Å². The Bertz CT molecular complexity index is 978. The summed E-state index contributed by atoms with van der Waals surface area (Å²) in [5.41, 5.74) is 2.25. The Balaban J connectivity index is 1.78. The topological polar surface area (TPSA) is 84.8 Å². The highest BCUT2D eigenvalue weighted by atomic mass is 16.6. The Labute approximate surface area is 164 Å². The SMILES string of the molecule is CC(C)(Cc1c[nH]c2c(C=Cn3cncn3)cccc12)NC(=O)OC(C)(C)C. The number of nitrogens with zero attached hydrogens (tertiary/aromatic N) is 3. The number of amides is 1. The van der Waals surface area contributed by atoms with Crippen molar-refractivity contribution in [3.63, 3.8) is 0 Å². The molecule has 2 aromatic heterocycles. The fourth-order valence-corrected chi connectivity index (χ4v) is 3.07. The van der Waals surface area contributed by atoms with Gasteiger partial charge in [-0.05, 0) is 52.7 Å². The summed E-state index contributed by atoms with van der Waals surface area (Å²) in [4.78, 5) is 19.5. The summed E-state index contributed by atoms with van der Waals surface area (Å²) in [7, 11) is 0. The molecule has 0 spiro atoms. The monoisotopic (exact) mass is 381 g/mol. The number of carbonyl (C=O) groups is 1. The summed E-state index contributed by atoms with van der Waals surface area (Å²) in [6.45, 7) is 9.54. The van der Waals surface area contributed by atoms with Crippen LogP contribution in [0.25, 0.3) is 23.2 Å². The summed E-state index contributed by atoms with van der Waals surface area (Å²) in [5.74, 6) is 0. The second kappa shape index (κ2) is 7.50. The molecule has 7 heteroatoms. The maximum atomic E-state index is 12.2. The third-order valence-corrected chi connectivity index (χ3v) is 4.15. The Morgan fingerprint density at radius 1 is 1.29 bits per heavy atom. The molecule has 0 saturated carbocycles. The molecule has 0 unspecified atom stereocenters. The van der Waals surface area contributed by atoms with Crippen molar-refractivity contribution in [1.29, 1.82) is 0 Å². The van der Waals surface area contributed by atoms with E-state index in [1.54, 1.807) is 11.0 Å². The highest BCUT2D eigenvalue weighted by molar-refractivity contribution is 5.91. The van der Waals surface area contributed by atoms with E-state index in [9.17, 15) is 4.79 Å². The highest BCUT2D eigenvalue weighted by Gasteiger charge is 2.26. The first-order valence-corrected chi connectivity index (χ1v) is 9.25. The number of benzene rings is 1. The van der Waals surface area contributed by atoms with Crippen LogP contribution >= 0.6 is 0 Å². The Hall–Kier alpha value is -3.09. The normalized spacial score (nSPS) is 12.6. The minimum absolute atomic E-state index is 0.409. The molecule has 0 saturated heterocycles. The lowest BCUT2D eigenvalue weighted by atomic mass is 9.94. The first-order chi connectivity index (χ1) is 13.1. The summed E-state index contributed by atoms with van der Waals surface area (Å²) < 4.78 is 7.04. The predicted molar refractivity (Wildman–Crippen MR) is 111 cm³/mol. The predicted octanol–water partition coefficient (Wildman–Crippen LogP) is 4.23. The van der Waals surface area contributed by atoms with Crippen molar-refractivity contribution >= 4 is 29.3 Å². The number of alkyl carbamates (subject to hydrolysis) is 1. The number of ether oxygens (including phenoxy) is 1. The summed E-state index contributed by atoms with van der Waals surface area (Å²) >= 11 is 0. The van der Waals surface area contributed by atoms with Crippen LogP contribution in [-0.2, 0) is 11.2 Å². The van der Waals surface area contributed by atoms with E-state index in [0.717, 1.165) is 22.0 Å². The van der Waals surface area contributed by atoms with E-state index in [4.69, 9.17) is 4.74 Å². The summed E-state index contributed by atoms with van der Waals surface area (Å²) in [5, 5.41) is 8.17. The summed E-state index contributed by atoms with van der Waals surface area (Å²) in [6, 6.07) is 6.15. The van der Waals surface area contributed by atoms with Crippen LogP contribution in [-0.4, -0.2) is 37.0 Å². The molecule has 0 aliphatic heterocycles. The number of hydrogen-bond donors (Lipinski definition) is 2. The van der Waals surface area contributed by atoms with Crippen molar-refractivity contribution in [2.75, 3.05) is 0 Å². The van der Waals surface area contributed by atoms with E-state index < -0.39 is 17.2 Å². The first kappa shape index (κ1) is 19.7. The van der Waals surface area contributed by atoms with Crippen molar-refractivity contribution in [1.82, 2.24) is 25.1 Å². The van der Waals surface area contributed by atoms with Crippen LogP contribution in [0.5, 0.6) is 0 Å². The van der Waals surface area contributed by atoms with Gasteiger partial charge in [-0.15, -0.1) is 0 Å². The quantitative estimate of drug-likeness (QED) is 0.692. The number of hydrogen-bond acceptors (Lipinski definition) is 4. The fraction of sp³-hybridized carbons (Fsp3) is 0.381. The molecule has 0 bridgehead atoms. The minimum Gasteiger partial charge on any atom is -0.444 e. The largest absolute Gasteiger partial charge is 0.444 e. The molecule has 148 valence electrons. The molecule has 28 heavy (non-hydrogen) atoms. The molecule has 7 nitrogen and oxygen atoms in total. The van der Waals surface area contributed by atoms with Gasteiger partial charge < -0.3 is 15.0 Å². The third-order valence-electron chi connectivity index (χ3n) is 4.15. The van der Waals surface area contributed by atoms with Gasteiger partial charge in [-0.3, -0.25) is 0 Å². The van der Waals surface area contributed by atoms with Crippen molar-refractivity contribution in [2.24, 2.45) is 0 Å². The number of para-hydroxylation sites is 1. The van der Waals surface area contributed by atoms with Gasteiger partial charge in [0.25, 0.3) is 0 Å². The number of rotatable bonds is 5. The number of H-pyrrole nitrogens is 1. The molecule has 0 aliphatic carbocycles. The summed E-state index contributed by atoms with van der Waals surface area (Å²) in [6.07, 6.45) is 9.24. The number of aromatic nitrogens is 4. The van der Waals surface area contributed by atoms with Gasteiger partial charge in [0, 0.05) is 28.9 Å². The standard InChI is InChI=1S/C21H27N5O2/c1-20(2,3)28-19(27)25-21(4,5)11-16-12-23-18-15(7-6-8-17(16)18)9-10-26-14-22-13-24-26/h6-10,12-14,23H,11H2,1-5H3,(H,25,27). The zero-order chi connectivity index (χ0) is 20.4. The zero-order valence-electron chi connectivity index (χ0n) is 17.0. The molecule has 2 N–H and O–H groups in total. The van der Waals surface area contributed by atoms with Gasteiger partial charge in [0.05, 0.1) is 5.52 Å². The fourth-order valence-electron chi connectivity index (χ4n) is 3.07. The molecule has 2 heterocycles. The molecular weight excluding hydrogens is 354 g/mol. The molecule has 3 aromatic rings. The lowest BCUT2D eigenvalue weighted by Gasteiger charge is -2.28. The number of aromatic amines is 1. The lowest BCUT2D eigenvalue weighted by molar-refractivity contribution is 0.0472. The number of nitrogens with one attached hydrogen (secondary N) is 2. The van der Waals surface area contributed by atoms with Gasteiger partial charge in [-0.25, -0.2) is 14.5 Å². The Morgan fingerprint density at radius 2 is 2.07 bits per heavy atom. The molecular formula is C21H27N5O2. The molecule has 0 aliphatic rings. The molecule has 3 rings (SSSR count). The van der Waals surface area contributed by atoms with Gasteiger partial charge >= 0.3 is 6.09 Å². The van der Waals surface area contributed by atoms with Crippen LogP contribution in [0.4, 0.5) is 4.79 Å². The zero-order valence-corrected chi connectivity index (χ0v) is 17.0. The van der Waals surface area contributed by atoms with Crippen molar-refractivity contribution in [3.05, 3.63) is 48.2 Å². The van der Waals surface area contributed by atoms with Crippen LogP contribution < -0.4 is 5.32 Å². The number of fused-ring (bicyclic) bond motifs is 1.